The maximum absolute atomic E-state index is 13.4. The smallest absolute Gasteiger partial charge is 0.242 e. The monoisotopic (exact) mass is 291 g/mol. The minimum atomic E-state index is -3.79. The van der Waals surface area contributed by atoms with Gasteiger partial charge in [0.1, 0.15) is 22.5 Å². The quantitative estimate of drug-likeness (QED) is 0.927. The molecule has 102 valence electrons. The lowest BCUT2D eigenvalue weighted by Gasteiger charge is -2.07. The molecule has 1 heterocycles. The molecule has 0 fully saturated rings. The highest BCUT2D eigenvalue weighted by Gasteiger charge is 2.15. The molecule has 0 aliphatic rings. The minimum absolute atomic E-state index is 0.0761. The van der Waals surface area contributed by atoms with E-state index in [0.29, 0.717) is 0 Å². The third kappa shape index (κ3) is 3.17. The Kier molecular flexibility index (Phi) is 4.08. The molecule has 2 aromatic rings. The number of rotatable bonds is 4. The van der Waals surface area contributed by atoms with E-state index < -0.39 is 15.8 Å². The van der Waals surface area contributed by atoms with E-state index in [1.807, 2.05) is 0 Å². The average Bonchev–Trinajstić information content (AvgIpc) is 2.46. The number of hydrogen-bond acceptors (Lipinski definition) is 4. The first-order valence-corrected chi connectivity index (χ1v) is 7.10. The van der Waals surface area contributed by atoms with Crippen LogP contribution in [0.3, 0.4) is 0 Å². The van der Waals surface area contributed by atoms with Crippen molar-refractivity contribution in [3.63, 3.8) is 0 Å². The molecule has 20 heavy (non-hydrogen) atoms. The summed E-state index contributed by atoms with van der Waals surface area (Å²) >= 11 is 0. The first-order valence-electron chi connectivity index (χ1n) is 5.62. The van der Waals surface area contributed by atoms with E-state index in [9.17, 15) is 12.8 Å². The lowest BCUT2D eigenvalue weighted by Crippen LogP contribution is -2.23. The minimum Gasteiger partial charge on any atom is -0.244 e. The Morgan fingerprint density at radius 1 is 1.25 bits per heavy atom. The van der Waals surface area contributed by atoms with Crippen LogP contribution in [0.5, 0.6) is 0 Å². The first kappa shape index (κ1) is 14.1. The van der Waals surface area contributed by atoms with Gasteiger partial charge < -0.3 is 0 Å². The van der Waals surface area contributed by atoms with Gasteiger partial charge in [0.05, 0.1) is 0 Å². The summed E-state index contributed by atoms with van der Waals surface area (Å²) in [6.45, 7) is -0.158. The van der Waals surface area contributed by atoms with E-state index >= 15 is 0 Å². The van der Waals surface area contributed by atoms with E-state index in [4.69, 9.17) is 5.26 Å². The van der Waals surface area contributed by atoms with Gasteiger partial charge in [0.2, 0.25) is 10.0 Å². The Balaban J connectivity index is 2.15. The van der Waals surface area contributed by atoms with Crippen LogP contribution in [0.25, 0.3) is 0 Å². The van der Waals surface area contributed by atoms with Crippen molar-refractivity contribution in [2.45, 2.75) is 11.4 Å². The molecule has 1 aromatic carbocycles. The molecule has 0 radical (unpaired) electrons. The molecule has 0 atom stereocenters. The van der Waals surface area contributed by atoms with E-state index in [1.165, 1.54) is 30.3 Å². The molecule has 5 nitrogen and oxygen atoms in total. The Hall–Kier alpha value is -2.30. The average molecular weight is 291 g/mol. The zero-order chi connectivity index (χ0) is 14.6. The predicted octanol–water partition coefficient (Wildman–Crippen LogP) is 1.57. The number of aromatic nitrogens is 1. The Morgan fingerprint density at radius 3 is 2.60 bits per heavy atom. The number of pyridine rings is 1. The summed E-state index contributed by atoms with van der Waals surface area (Å²) in [5.74, 6) is -0.479. The largest absolute Gasteiger partial charge is 0.244 e. The molecule has 0 saturated heterocycles. The van der Waals surface area contributed by atoms with Crippen molar-refractivity contribution >= 4 is 10.0 Å². The Bertz CT molecular complexity index is 752. The van der Waals surface area contributed by atoms with Crippen LogP contribution in [0.1, 0.15) is 11.3 Å². The molecule has 0 aliphatic heterocycles. The van der Waals surface area contributed by atoms with Gasteiger partial charge in [-0.2, -0.15) is 5.26 Å². The van der Waals surface area contributed by atoms with E-state index in [0.717, 1.165) is 6.20 Å². The number of benzene rings is 1. The SMILES string of the molecule is N#Cc1ccc(S(=O)(=O)NCc2ccccc2F)cn1. The second-order valence-corrected chi connectivity index (χ2v) is 5.67. The summed E-state index contributed by atoms with van der Waals surface area (Å²) < 4.78 is 39.6. The fourth-order valence-corrected chi connectivity index (χ4v) is 2.45. The van der Waals surface area contributed by atoms with Gasteiger partial charge in [0.25, 0.3) is 0 Å². The highest BCUT2D eigenvalue weighted by Crippen LogP contribution is 2.10. The number of nitriles is 1. The lowest BCUT2D eigenvalue weighted by atomic mass is 10.2. The summed E-state index contributed by atoms with van der Waals surface area (Å²) in [5.41, 5.74) is 0.371. The van der Waals surface area contributed by atoms with Crippen molar-refractivity contribution in [2.75, 3.05) is 0 Å². The second kappa shape index (κ2) is 5.77. The molecule has 0 amide bonds. The van der Waals surface area contributed by atoms with Crippen LogP contribution in [0, 0.1) is 17.1 Å². The van der Waals surface area contributed by atoms with Gasteiger partial charge in [-0.05, 0) is 18.2 Å². The van der Waals surface area contributed by atoms with Crippen LogP contribution in [0.2, 0.25) is 0 Å². The third-order valence-corrected chi connectivity index (χ3v) is 3.96. The normalized spacial score (nSPS) is 11.0. The fourth-order valence-electron chi connectivity index (χ4n) is 1.50. The number of nitrogens with zero attached hydrogens (tertiary/aromatic N) is 2. The summed E-state index contributed by atoms with van der Waals surface area (Å²) in [7, 11) is -3.79. The summed E-state index contributed by atoms with van der Waals surface area (Å²) in [4.78, 5) is 3.61. The van der Waals surface area contributed by atoms with Crippen LogP contribution < -0.4 is 4.72 Å². The molecular formula is C13H10FN3O2S. The molecule has 0 bridgehead atoms. The van der Waals surface area contributed by atoms with Crippen molar-refractivity contribution in [2.24, 2.45) is 0 Å². The topological polar surface area (TPSA) is 82.8 Å². The second-order valence-electron chi connectivity index (χ2n) is 3.91. The number of nitrogens with one attached hydrogen (secondary N) is 1. The van der Waals surface area contributed by atoms with Gasteiger partial charge in [0.15, 0.2) is 0 Å². The lowest BCUT2D eigenvalue weighted by molar-refractivity contribution is 0.574. The third-order valence-electron chi connectivity index (χ3n) is 2.57. The summed E-state index contributed by atoms with van der Waals surface area (Å²) in [5, 5.41) is 8.59. The predicted molar refractivity (Wildman–Crippen MR) is 69.4 cm³/mol. The van der Waals surface area contributed by atoms with Crippen LogP contribution in [-0.2, 0) is 16.6 Å². The number of sulfonamides is 1. The number of hydrogen-bond donors (Lipinski definition) is 1. The maximum Gasteiger partial charge on any atom is 0.242 e. The maximum atomic E-state index is 13.4. The van der Waals surface area contributed by atoms with Gasteiger partial charge >= 0.3 is 0 Å². The van der Waals surface area contributed by atoms with Crippen molar-refractivity contribution in [3.8, 4) is 6.07 Å². The Labute approximate surface area is 115 Å². The standard InChI is InChI=1S/C13H10FN3O2S/c14-13-4-2-1-3-10(13)8-17-20(18,19)12-6-5-11(7-15)16-9-12/h1-6,9,17H,8H2. The van der Waals surface area contributed by atoms with Crippen molar-refractivity contribution in [1.82, 2.24) is 9.71 Å². The molecule has 1 aromatic heterocycles. The summed E-state index contributed by atoms with van der Waals surface area (Å²) in [6.07, 6.45) is 1.09. The van der Waals surface area contributed by atoms with E-state index in [2.05, 4.69) is 9.71 Å². The molecule has 0 unspecified atom stereocenters. The molecule has 0 aliphatic carbocycles. The molecule has 1 N–H and O–H groups in total. The summed E-state index contributed by atoms with van der Waals surface area (Å²) in [6, 6.07) is 10.3. The Morgan fingerprint density at radius 2 is 2.00 bits per heavy atom. The van der Waals surface area contributed by atoms with Crippen molar-refractivity contribution < 1.29 is 12.8 Å². The van der Waals surface area contributed by atoms with E-state index in [-0.39, 0.29) is 22.7 Å². The van der Waals surface area contributed by atoms with Gasteiger partial charge in [0, 0.05) is 18.3 Å². The van der Waals surface area contributed by atoms with E-state index in [1.54, 1.807) is 12.1 Å². The fraction of sp³-hybridized carbons (Fsp3) is 0.0769. The molecule has 2 rings (SSSR count). The number of halogens is 1. The van der Waals surface area contributed by atoms with Gasteiger partial charge in [-0.25, -0.2) is 22.5 Å². The van der Waals surface area contributed by atoms with Crippen LogP contribution >= 0.6 is 0 Å². The van der Waals surface area contributed by atoms with Crippen LogP contribution in [0.15, 0.2) is 47.5 Å². The van der Waals surface area contributed by atoms with Gasteiger partial charge in [-0.15, -0.1) is 0 Å². The van der Waals surface area contributed by atoms with Crippen LogP contribution in [-0.4, -0.2) is 13.4 Å². The van der Waals surface area contributed by atoms with Gasteiger partial charge in [-0.3, -0.25) is 0 Å². The first-order chi connectivity index (χ1) is 9.53. The molecular weight excluding hydrogens is 281 g/mol. The van der Waals surface area contributed by atoms with Crippen molar-refractivity contribution in [1.29, 1.82) is 5.26 Å². The van der Waals surface area contributed by atoms with Crippen molar-refractivity contribution in [3.05, 3.63) is 59.7 Å². The van der Waals surface area contributed by atoms with Gasteiger partial charge in [-0.1, -0.05) is 18.2 Å². The molecule has 7 heteroatoms. The highest BCUT2D eigenvalue weighted by molar-refractivity contribution is 7.89. The molecule has 0 saturated carbocycles. The highest BCUT2D eigenvalue weighted by atomic mass is 32.2. The zero-order valence-corrected chi connectivity index (χ0v) is 11.1. The molecule has 0 spiro atoms. The van der Waals surface area contributed by atoms with Crippen LogP contribution in [0.4, 0.5) is 4.39 Å². The zero-order valence-electron chi connectivity index (χ0n) is 10.2.